The van der Waals surface area contributed by atoms with Gasteiger partial charge >= 0.3 is 0 Å². The second-order valence-corrected chi connectivity index (χ2v) is 6.84. The van der Waals surface area contributed by atoms with Crippen molar-refractivity contribution in [1.29, 1.82) is 0 Å². The summed E-state index contributed by atoms with van der Waals surface area (Å²) in [5.41, 5.74) is 7.16. The van der Waals surface area contributed by atoms with E-state index < -0.39 is 5.91 Å². The standard InChI is InChI=1S/C14H17N3OS2/c1-16-14-11(13(15)18)8-12(19-14)20-17(2)9-10-6-4-3-5-7-10/h3-8,16H,9H2,1-2H3,(H2,15,18). The van der Waals surface area contributed by atoms with E-state index in [-0.39, 0.29) is 0 Å². The third-order valence-corrected chi connectivity index (χ3v) is 4.86. The minimum atomic E-state index is -0.400. The highest BCUT2D eigenvalue weighted by Crippen LogP contribution is 2.36. The number of benzene rings is 1. The molecule has 0 spiro atoms. The van der Waals surface area contributed by atoms with E-state index in [1.807, 2.05) is 31.3 Å². The quantitative estimate of drug-likeness (QED) is 0.805. The van der Waals surface area contributed by atoms with Crippen molar-refractivity contribution in [2.45, 2.75) is 10.8 Å². The fourth-order valence-electron chi connectivity index (χ4n) is 1.81. The van der Waals surface area contributed by atoms with Gasteiger partial charge in [-0.3, -0.25) is 4.79 Å². The molecule has 1 amide bonds. The summed E-state index contributed by atoms with van der Waals surface area (Å²) in [4.78, 5) is 11.3. The molecule has 0 saturated heterocycles. The Labute approximate surface area is 127 Å². The van der Waals surface area contributed by atoms with Crippen LogP contribution in [0.15, 0.2) is 40.6 Å². The number of hydrogen-bond donors (Lipinski definition) is 2. The van der Waals surface area contributed by atoms with Crippen molar-refractivity contribution in [2.24, 2.45) is 5.73 Å². The van der Waals surface area contributed by atoms with Gasteiger partial charge in [0.25, 0.3) is 5.91 Å². The van der Waals surface area contributed by atoms with Gasteiger partial charge in [0, 0.05) is 13.6 Å². The highest BCUT2D eigenvalue weighted by Gasteiger charge is 2.14. The van der Waals surface area contributed by atoms with Crippen LogP contribution in [0.3, 0.4) is 0 Å². The number of nitrogens with zero attached hydrogens (tertiary/aromatic N) is 1. The Morgan fingerprint density at radius 1 is 1.40 bits per heavy atom. The van der Waals surface area contributed by atoms with Crippen molar-refractivity contribution in [2.75, 3.05) is 19.4 Å². The van der Waals surface area contributed by atoms with Gasteiger partial charge in [-0.15, -0.1) is 11.3 Å². The smallest absolute Gasteiger partial charge is 0.251 e. The molecule has 0 aliphatic heterocycles. The minimum absolute atomic E-state index is 0.400. The third kappa shape index (κ3) is 3.75. The summed E-state index contributed by atoms with van der Waals surface area (Å²) >= 11 is 3.15. The van der Waals surface area contributed by atoms with Crippen LogP contribution in [0.1, 0.15) is 15.9 Å². The molecule has 0 radical (unpaired) electrons. The molecule has 3 N–H and O–H groups in total. The number of carbonyl (C=O) groups is 1. The molecular weight excluding hydrogens is 290 g/mol. The molecule has 6 heteroatoms. The van der Waals surface area contributed by atoms with Crippen LogP contribution in [0.25, 0.3) is 0 Å². The molecule has 0 unspecified atom stereocenters. The summed E-state index contributed by atoms with van der Waals surface area (Å²) < 4.78 is 3.17. The van der Waals surface area contributed by atoms with E-state index in [9.17, 15) is 4.79 Å². The fourth-order valence-corrected chi connectivity index (χ4v) is 4.03. The number of nitrogens with one attached hydrogen (secondary N) is 1. The van der Waals surface area contributed by atoms with Crippen LogP contribution >= 0.6 is 23.3 Å². The van der Waals surface area contributed by atoms with Crippen molar-refractivity contribution in [3.8, 4) is 0 Å². The first-order valence-electron chi connectivity index (χ1n) is 6.14. The predicted octanol–water partition coefficient (Wildman–Crippen LogP) is 3.03. The van der Waals surface area contributed by atoms with Gasteiger partial charge in [0.2, 0.25) is 0 Å². The first kappa shape index (κ1) is 14.9. The van der Waals surface area contributed by atoms with Crippen molar-refractivity contribution in [1.82, 2.24) is 4.31 Å². The first-order valence-corrected chi connectivity index (χ1v) is 7.73. The summed E-state index contributed by atoms with van der Waals surface area (Å²) in [5, 5.41) is 3.82. The number of rotatable bonds is 6. The average molecular weight is 307 g/mol. The number of anilines is 1. The lowest BCUT2D eigenvalue weighted by molar-refractivity contribution is 0.100. The Morgan fingerprint density at radius 3 is 2.65 bits per heavy atom. The molecular formula is C14H17N3OS2. The van der Waals surface area contributed by atoms with Crippen LogP contribution in [0.4, 0.5) is 5.00 Å². The molecule has 1 heterocycles. The van der Waals surface area contributed by atoms with Gasteiger partial charge in [0.05, 0.1) is 9.77 Å². The summed E-state index contributed by atoms with van der Waals surface area (Å²) in [6.45, 7) is 0.837. The fraction of sp³-hybridized carbons (Fsp3) is 0.214. The van der Waals surface area contributed by atoms with Gasteiger partial charge in [0.15, 0.2) is 0 Å². The highest BCUT2D eigenvalue weighted by atomic mass is 32.2. The number of carbonyl (C=O) groups excluding carboxylic acids is 1. The average Bonchev–Trinajstić information content (AvgIpc) is 2.83. The molecule has 0 aliphatic carbocycles. The van der Waals surface area contributed by atoms with Crippen LogP contribution in [-0.4, -0.2) is 24.3 Å². The van der Waals surface area contributed by atoms with Gasteiger partial charge in [0.1, 0.15) is 5.00 Å². The van der Waals surface area contributed by atoms with Crippen LogP contribution in [-0.2, 0) is 6.54 Å². The van der Waals surface area contributed by atoms with Gasteiger partial charge in [-0.25, -0.2) is 4.31 Å². The largest absolute Gasteiger partial charge is 0.379 e. The zero-order chi connectivity index (χ0) is 14.5. The normalized spacial score (nSPS) is 10.8. The van der Waals surface area contributed by atoms with Crippen molar-refractivity contribution in [3.05, 3.63) is 47.5 Å². The number of nitrogens with two attached hydrogens (primary N) is 1. The maximum atomic E-state index is 11.3. The van der Waals surface area contributed by atoms with E-state index in [1.165, 1.54) is 16.9 Å². The Morgan fingerprint density at radius 2 is 2.10 bits per heavy atom. The van der Waals surface area contributed by atoms with E-state index in [0.29, 0.717) is 5.56 Å². The molecule has 0 bridgehead atoms. The van der Waals surface area contributed by atoms with Crippen LogP contribution < -0.4 is 11.1 Å². The van der Waals surface area contributed by atoms with Crippen LogP contribution in [0, 0.1) is 0 Å². The Hall–Kier alpha value is -1.50. The van der Waals surface area contributed by atoms with E-state index in [1.54, 1.807) is 19.0 Å². The van der Waals surface area contributed by atoms with Crippen LogP contribution in [0.2, 0.25) is 0 Å². The van der Waals surface area contributed by atoms with Crippen molar-refractivity contribution in [3.63, 3.8) is 0 Å². The topological polar surface area (TPSA) is 58.4 Å². The Kier molecular flexibility index (Phi) is 5.05. The maximum Gasteiger partial charge on any atom is 0.251 e. The van der Waals surface area contributed by atoms with Gasteiger partial charge in [-0.05, 0) is 30.6 Å². The summed E-state index contributed by atoms with van der Waals surface area (Å²) in [5.74, 6) is -0.400. The lowest BCUT2D eigenvalue weighted by atomic mass is 10.2. The molecule has 1 aromatic carbocycles. The molecule has 0 fully saturated rings. The summed E-state index contributed by atoms with van der Waals surface area (Å²) in [7, 11) is 3.82. The van der Waals surface area contributed by atoms with E-state index in [0.717, 1.165) is 15.8 Å². The molecule has 0 saturated carbocycles. The van der Waals surface area contributed by atoms with E-state index in [2.05, 4.69) is 21.8 Å². The number of amides is 1. The van der Waals surface area contributed by atoms with Crippen LogP contribution in [0.5, 0.6) is 0 Å². The lowest BCUT2D eigenvalue weighted by Crippen LogP contribution is -2.11. The molecule has 1 aromatic heterocycles. The van der Waals surface area contributed by atoms with Crippen molar-refractivity contribution >= 4 is 34.2 Å². The second-order valence-electron chi connectivity index (χ2n) is 4.29. The third-order valence-electron chi connectivity index (χ3n) is 2.70. The van der Waals surface area contributed by atoms with Gasteiger partial charge in [-0.1, -0.05) is 30.3 Å². The second kappa shape index (κ2) is 6.78. The number of primary amides is 1. The molecule has 0 atom stereocenters. The number of hydrogen-bond acceptors (Lipinski definition) is 5. The van der Waals surface area contributed by atoms with Gasteiger partial charge in [-0.2, -0.15) is 0 Å². The zero-order valence-corrected chi connectivity index (χ0v) is 13.1. The summed E-state index contributed by atoms with van der Waals surface area (Å²) in [6, 6.07) is 12.1. The van der Waals surface area contributed by atoms with Crippen molar-refractivity contribution < 1.29 is 4.79 Å². The molecule has 106 valence electrons. The Balaban J connectivity index is 2.04. The van der Waals surface area contributed by atoms with E-state index in [4.69, 9.17) is 5.73 Å². The molecule has 0 aliphatic rings. The molecule has 2 rings (SSSR count). The predicted molar refractivity (Wildman–Crippen MR) is 86.1 cm³/mol. The highest BCUT2D eigenvalue weighted by molar-refractivity contribution is 7.99. The zero-order valence-electron chi connectivity index (χ0n) is 11.4. The molecule has 20 heavy (non-hydrogen) atoms. The summed E-state index contributed by atoms with van der Waals surface area (Å²) in [6.07, 6.45) is 0. The Bertz CT molecular complexity index is 583. The monoisotopic (exact) mass is 307 g/mol. The minimum Gasteiger partial charge on any atom is -0.379 e. The lowest BCUT2D eigenvalue weighted by Gasteiger charge is -2.14. The van der Waals surface area contributed by atoms with E-state index >= 15 is 0 Å². The SMILES string of the molecule is CNc1sc(SN(C)Cc2ccccc2)cc1C(N)=O. The molecule has 4 nitrogen and oxygen atoms in total. The first-order chi connectivity index (χ1) is 9.60. The number of thiophene rings is 1. The molecule has 2 aromatic rings. The van der Waals surface area contributed by atoms with Gasteiger partial charge < -0.3 is 11.1 Å². The maximum absolute atomic E-state index is 11.3.